The molecule has 0 radical (unpaired) electrons. The molecule has 0 aliphatic rings. The van der Waals surface area contributed by atoms with Gasteiger partial charge in [-0.15, -0.1) is 0 Å². The summed E-state index contributed by atoms with van der Waals surface area (Å²) in [4.78, 5) is 23.4. The first-order valence-corrected chi connectivity index (χ1v) is 12.6. The van der Waals surface area contributed by atoms with E-state index in [4.69, 9.17) is 0 Å². The highest BCUT2D eigenvalue weighted by atomic mass is 16.4. The number of carbonyl (C=O) groups is 2. The summed E-state index contributed by atoms with van der Waals surface area (Å²) < 4.78 is 0. The average molecular weight is 427 g/mol. The van der Waals surface area contributed by atoms with Gasteiger partial charge in [-0.3, -0.25) is 9.59 Å². The Hall–Kier alpha value is -1.06. The topological polar surface area (TPSA) is 74.6 Å². The minimum Gasteiger partial charge on any atom is -0.481 e. The van der Waals surface area contributed by atoms with Crippen LogP contribution in [0.5, 0.6) is 0 Å². The van der Waals surface area contributed by atoms with E-state index in [1.807, 2.05) is 0 Å². The molecule has 4 heteroatoms. The maximum Gasteiger partial charge on any atom is 0.310 e. The molecule has 0 aromatic heterocycles. The molecule has 178 valence electrons. The Morgan fingerprint density at radius 2 is 0.933 bits per heavy atom. The van der Waals surface area contributed by atoms with Gasteiger partial charge in [0.25, 0.3) is 0 Å². The Morgan fingerprint density at radius 3 is 1.23 bits per heavy atom. The van der Waals surface area contributed by atoms with Crippen molar-refractivity contribution in [3.63, 3.8) is 0 Å². The minimum absolute atomic E-state index is 0.245. The first-order chi connectivity index (χ1) is 14.2. The van der Waals surface area contributed by atoms with Crippen molar-refractivity contribution in [3.05, 3.63) is 0 Å². The number of unbranched alkanes of at least 4 members (excludes halogenated alkanes) is 10. The van der Waals surface area contributed by atoms with E-state index < -0.39 is 17.4 Å². The van der Waals surface area contributed by atoms with Crippen molar-refractivity contribution in [3.8, 4) is 0 Å². The number of aliphatic carboxylic acids is 2. The molecule has 0 aromatic rings. The van der Waals surface area contributed by atoms with E-state index in [1.54, 1.807) is 0 Å². The van der Waals surface area contributed by atoms with Gasteiger partial charge in [-0.2, -0.15) is 0 Å². The monoisotopic (exact) mass is 426 g/mol. The zero-order valence-corrected chi connectivity index (χ0v) is 20.4. The average Bonchev–Trinajstić information content (AvgIpc) is 2.64. The van der Waals surface area contributed by atoms with Crippen LogP contribution in [0.25, 0.3) is 0 Å². The first-order valence-electron chi connectivity index (χ1n) is 12.6. The molecule has 0 unspecified atom stereocenters. The van der Waals surface area contributed by atoms with E-state index in [9.17, 15) is 19.8 Å². The maximum absolute atomic E-state index is 12.0. The largest absolute Gasteiger partial charge is 0.481 e. The quantitative estimate of drug-likeness (QED) is 0.182. The lowest BCUT2D eigenvalue weighted by atomic mass is 9.75. The Kier molecular flexibility index (Phi) is 17.0. The molecule has 0 saturated carbocycles. The second kappa shape index (κ2) is 17.6. The third kappa shape index (κ3) is 15.7. The van der Waals surface area contributed by atoms with Crippen molar-refractivity contribution in [2.45, 2.75) is 137 Å². The molecule has 0 heterocycles. The third-order valence-electron chi connectivity index (χ3n) is 6.32. The van der Waals surface area contributed by atoms with Crippen molar-refractivity contribution in [1.29, 1.82) is 0 Å². The van der Waals surface area contributed by atoms with Crippen molar-refractivity contribution < 1.29 is 19.8 Å². The standard InChI is InChI=1S/C26H50O4/c1-22(2)17-13-9-5-7-11-15-19-26(25(29)30,21-24(27)28)20-16-12-8-6-10-14-18-23(3)4/h22-23H,5-21H2,1-4H3,(H,27,28)(H,29,30). The van der Waals surface area contributed by atoms with Crippen LogP contribution in [0.1, 0.15) is 137 Å². The van der Waals surface area contributed by atoms with E-state index >= 15 is 0 Å². The molecule has 30 heavy (non-hydrogen) atoms. The Labute approximate surface area is 186 Å². The highest BCUT2D eigenvalue weighted by Gasteiger charge is 2.39. The van der Waals surface area contributed by atoms with Crippen LogP contribution in [0.4, 0.5) is 0 Å². The van der Waals surface area contributed by atoms with E-state index in [1.165, 1.54) is 51.4 Å². The molecule has 0 aliphatic heterocycles. The smallest absolute Gasteiger partial charge is 0.310 e. The Morgan fingerprint density at radius 1 is 0.600 bits per heavy atom. The second-order valence-electron chi connectivity index (χ2n) is 10.3. The van der Waals surface area contributed by atoms with Crippen LogP contribution in [-0.4, -0.2) is 22.2 Å². The normalized spacial score (nSPS) is 12.1. The van der Waals surface area contributed by atoms with Crippen molar-refractivity contribution in [2.24, 2.45) is 17.3 Å². The van der Waals surface area contributed by atoms with E-state index in [0.29, 0.717) is 12.8 Å². The molecule has 0 amide bonds. The van der Waals surface area contributed by atoms with Crippen molar-refractivity contribution >= 4 is 11.9 Å². The minimum atomic E-state index is -1.08. The highest BCUT2D eigenvalue weighted by molar-refractivity contribution is 5.81. The summed E-state index contributed by atoms with van der Waals surface area (Å²) in [6, 6.07) is 0. The summed E-state index contributed by atoms with van der Waals surface area (Å²) in [5, 5.41) is 19.2. The lowest BCUT2D eigenvalue weighted by Crippen LogP contribution is -2.33. The molecule has 4 nitrogen and oxygen atoms in total. The summed E-state index contributed by atoms with van der Waals surface area (Å²) in [5.74, 6) is -0.381. The zero-order valence-electron chi connectivity index (χ0n) is 20.4. The molecule has 0 aliphatic carbocycles. The van der Waals surface area contributed by atoms with Gasteiger partial charge in [-0.1, -0.05) is 118 Å². The van der Waals surface area contributed by atoms with Crippen LogP contribution in [0.3, 0.4) is 0 Å². The summed E-state index contributed by atoms with van der Waals surface area (Å²) in [5.41, 5.74) is -1.08. The molecule has 2 N–H and O–H groups in total. The fourth-order valence-electron chi connectivity index (χ4n) is 4.33. The van der Waals surface area contributed by atoms with Gasteiger partial charge in [-0.25, -0.2) is 0 Å². The lowest BCUT2D eigenvalue weighted by Gasteiger charge is -2.28. The fourth-order valence-corrected chi connectivity index (χ4v) is 4.33. The fraction of sp³-hybridized carbons (Fsp3) is 0.923. The summed E-state index contributed by atoms with van der Waals surface area (Å²) in [6.45, 7) is 9.00. The van der Waals surface area contributed by atoms with E-state index in [-0.39, 0.29) is 6.42 Å². The first kappa shape index (κ1) is 28.9. The van der Waals surface area contributed by atoms with Crippen LogP contribution in [0.15, 0.2) is 0 Å². The van der Waals surface area contributed by atoms with Gasteiger partial charge in [-0.05, 0) is 24.7 Å². The Balaban J connectivity index is 4.25. The van der Waals surface area contributed by atoms with Crippen LogP contribution < -0.4 is 0 Å². The summed E-state index contributed by atoms with van der Waals surface area (Å²) >= 11 is 0. The lowest BCUT2D eigenvalue weighted by molar-refractivity contribution is -0.157. The van der Waals surface area contributed by atoms with Gasteiger partial charge >= 0.3 is 11.9 Å². The zero-order chi connectivity index (χ0) is 22.8. The molecule has 0 spiro atoms. The number of hydrogen-bond donors (Lipinski definition) is 2. The molecule has 0 rings (SSSR count). The van der Waals surface area contributed by atoms with E-state index in [2.05, 4.69) is 27.7 Å². The molecule has 0 saturated heterocycles. The molecular weight excluding hydrogens is 376 g/mol. The maximum atomic E-state index is 12.0. The third-order valence-corrected chi connectivity index (χ3v) is 6.32. The van der Waals surface area contributed by atoms with Gasteiger partial charge in [0.05, 0.1) is 11.8 Å². The van der Waals surface area contributed by atoms with Gasteiger partial charge in [0.2, 0.25) is 0 Å². The van der Waals surface area contributed by atoms with Crippen LogP contribution in [0, 0.1) is 17.3 Å². The van der Waals surface area contributed by atoms with Crippen molar-refractivity contribution in [2.75, 3.05) is 0 Å². The predicted octanol–water partition coefficient (Wildman–Crippen LogP) is 8.09. The number of hydrogen-bond acceptors (Lipinski definition) is 2. The van der Waals surface area contributed by atoms with Gasteiger partial charge in [0.1, 0.15) is 0 Å². The Bertz CT molecular complexity index is 418. The number of carboxylic acids is 2. The molecule has 0 atom stereocenters. The molecular formula is C26H50O4. The highest BCUT2D eigenvalue weighted by Crippen LogP contribution is 2.36. The van der Waals surface area contributed by atoms with Crippen LogP contribution >= 0.6 is 0 Å². The van der Waals surface area contributed by atoms with Crippen LogP contribution in [0.2, 0.25) is 0 Å². The molecule has 0 bridgehead atoms. The van der Waals surface area contributed by atoms with Gasteiger partial charge in [0.15, 0.2) is 0 Å². The van der Waals surface area contributed by atoms with Crippen molar-refractivity contribution in [1.82, 2.24) is 0 Å². The predicted molar refractivity (Wildman–Crippen MR) is 126 cm³/mol. The number of rotatable bonds is 21. The van der Waals surface area contributed by atoms with Gasteiger partial charge in [0, 0.05) is 0 Å². The van der Waals surface area contributed by atoms with E-state index in [0.717, 1.165) is 50.4 Å². The van der Waals surface area contributed by atoms with Gasteiger partial charge < -0.3 is 10.2 Å². The summed E-state index contributed by atoms with van der Waals surface area (Å²) in [7, 11) is 0. The van der Waals surface area contributed by atoms with Crippen LogP contribution in [-0.2, 0) is 9.59 Å². The number of carboxylic acid groups (broad SMARTS) is 2. The molecule has 0 fully saturated rings. The SMILES string of the molecule is CC(C)CCCCCCCCC(CCCCCCCCC(C)C)(CC(=O)O)C(=O)O. The molecule has 0 aromatic carbocycles. The summed E-state index contributed by atoms with van der Waals surface area (Å²) in [6.07, 6.45) is 16.6. The second-order valence-corrected chi connectivity index (χ2v) is 10.3.